The smallest absolute Gasteiger partial charge is 0.310 e. The van der Waals surface area contributed by atoms with E-state index in [1.165, 1.54) is 13.0 Å². The van der Waals surface area contributed by atoms with Gasteiger partial charge in [0, 0.05) is 10.5 Å². The van der Waals surface area contributed by atoms with Gasteiger partial charge >= 0.3 is 5.97 Å². The zero-order valence-corrected chi connectivity index (χ0v) is 13.7. The summed E-state index contributed by atoms with van der Waals surface area (Å²) in [6.45, 7) is 1.51. The van der Waals surface area contributed by atoms with E-state index in [1.54, 1.807) is 0 Å². The number of carboxylic acids is 1. The zero-order valence-electron chi connectivity index (χ0n) is 11.3. The maximum atomic E-state index is 13.8. The molecule has 1 saturated carbocycles. The van der Waals surface area contributed by atoms with Gasteiger partial charge in [0.15, 0.2) is 0 Å². The summed E-state index contributed by atoms with van der Waals surface area (Å²) in [7, 11) is -4.10. The molecular formula is C13H15BrFNO4S. The van der Waals surface area contributed by atoms with Gasteiger partial charge in [-0.1, -0.05) is 22.4 Å². The highest BCUT2D eigenvalue weighted by Gasteiger charge is 2.47. The Labute approximate surface area is 130 Å². The fourth-order valence-corrected chi connectivity index (χ4v) is 4.33. The number of carbonyl (C=O) groups is 1. The van der Waals surface area contributed by atoms with E-state index in [9.17, 15) is 22.7 Å². The average Bonchev–Trinajstić information content (AvgIpc) is 2.71. The molecule has 116 valence electrons. The predicted molar refractivity (Wildman–Crippen MR) is 77.8 cm³/mol. The summed E-state index contributed by atoms with van der Waals surface area (Å²) in [6.07, 6.45) is 1.41. The molecular weight excluding hydrogens is 365 g/mol. The van der Waals surface area contributed by atoms with Crippen LogP contribution < -0.4 is 4.72 Å². The first kappa shape index (κ1) is 16.4. The zero-order chi connectivity index (χ0) is 15.8. The van der Waals surface area contributed by atoms with Gasteiger partial charge < -0.3 is 5.11 Å². The van der Waals surface area contributed by atoms with E-state index in [-0.39, 0.29) is 0 Å². The lowest BCUT2D eigenvalue weighted by Gasteiger charge is -2.27. The van der Waals surface area contributed by atoms with Crippen molar-refractivity contribution in [1.29, 1.82) is 0 Å². The molecule has 0 heterocycles. The lowest BCUT2D eigenvalue weighted by atomic mass is 9.85. The molecule has 21 heavy (non-hydrogen) atoms. The van der Waals surface area contributed by atoms with E-state index >= 15 is 0 Å². The Kier molecular flexibility index (Phi) is 4.41. The standard InChI is InChI=1S/C13H15BrFNO4S/c1-13(12(17)18)6-2-3-11(13)16-21(19,20)10-5-4-8(14)7-9(10)15/h4-5,7,11,16H,2-3,6H2,1H3,(H,17,18). The van der Waals surface area contributed by atoms with Crippen LogP contribution in [0.4, 0.5) is 4.39 Å². The van der Waals surface area contributed by atoms with Gasteiger partial charge in [0.1, 0.15) is 10.7 Å². The average molecular weight is 380 g/mol. The molecule has 2 N–H and O–H groups in total. The normalized spacial score (nSPS) is 26.0. The van der Waals surface area contributed by atoms with Crippen molar-refractivity contribution in [3.05, 3.63) is 28.5 Å². The van der Waals surface area contributed by atoms with E-state index in [0.29, 0.717) is 23.7 Å². The first-order chi connectivity index (χ1) is 9.67. The SMILES string of the molecule is CC1(C(=O)O)CCCC1NS(=O)(=O)c1ccc(Br)cc1F. The van der Waals surface area contributed by atoms with Crippen molar-refractivity contribution >= 4 is 31.9 Å². The van der Waals surface area contributed by atoms with Crippen molar-refractivity contribution in [2.24, 2.45) is 5.41 Å². The molecule has 1 aliphatic rings. The van der Waals surface area contributed by atoms with Crippen LogP contribution in [0.2, 0.25) is 0 Å². The third-order valence-corrected chi connectivity index (χ3v) is 5.93. The maximum absolute atomic E-state index is 13.8. The van der Waals surface area contributed by atoms with E-state index < -0.39 is 38.2 Å². The summed E-state index contributed by atoms with van der Waals surface area (Å²) >= 11 is 3.06. The maximum Gasteiger partial charge on any atom is 0.310 e. The Morgan fingerprint density at radius 3 is 2.76 bits per heavy atom. The van der Waals surface area contributed by atoms with Crippen LogP contribution in [-0.2, 0) is 14.8 Å². The number of hydrogen-bond acceptors (Lipinski definition) is 3. The highest BCUT2D eigenvalue weighted by Crippen LogP contribution is 2.39. The lowest BCUT2D eigenvalue weighted by Crippen LogP contribution is -2.47. The second-order valence-corrected chi connectivity index (χ2v) is 7.96. The molecule has 2 atom stereocenters. The predicted octanol–water partition coefficient (Wildman–Crippen LogP) is 2.51. The Balaban J connectivity index is 2.31. The summed E-state index contributed by atoms with van der Waals surface area (Å²) in [5, 5.41) is 9.29. The summed E-state index contributed by atoms with van der Waals surface area (Å²) < 4.78 is 41.1. The minimum Gasteiger partial charge on any atom is -0.481 e. The van der Waals surface area contributed by atoms with Crippen molar-refractivity contribution < 1.29 is 22.7 Å². The van der Waals surface area contributed by atoms with Crippen LogP contribution in [0.25, 0.3) is 0 Å². The number of sulfonamides is 1. The van der Waals surface area contributed by atoms with Crippen LogP contribution in [-0.4, -0.2) is 25.5 Å². The van der Waals surface area contributed by atoms with Crippen molar-refractivity contribution in [2.45, 2.75) is 37.1 Å². The molecule has 0 aromatic heterocycles. The van der Waals surface area contributed by atoms with Crippen molar-refractivity contribution in [3.8, 4) is 0 Å². The van der Waals surface area contributed by atoms with Gasteiger partial charge in [-0.25, -0.2) is 17.5 Å². The molecule has 0 spiro atoms. The number of nitrogens with one attached hydrogen (secondary N) is 1. The fraction of sp³-hybridized carbons (Fsp3) is 0.462. The molecule has 1 aliphatic carbocycles. The summed E-state index contributed by atoms with van der Waals surface area (Å²) in [4.78, 5) is 10.9. The Morgan fingerprint density at radius 1 is 1.52 bits per heavy atom. The minimum absolute atomic E-state index is 0.387. The number of carboxylic acid groups (broad SMARTS) is 1. The van der Waals surface area contributed by atoms with Gasteiger partial charge in [-0.05, 0) is 38.0 Å². The van der Waals surface area contributed by atoms with Crippen molar-refractivity contribution in [1.82, 2.24) is 4.72 Å². The molecule has 8 heteroatoms. The van der Waals surface area contributed by atoms with Crippen molar-refractivity contribution in [2.75, 3.05) is 0 Å². The molecule has 1 fully saturated rings. The van der Waals surface area contributed by atoms with Gasteiger partial charge in [-0.15, -0.1) is 0 Å². The largest absolute Gasteiger partial charge is 0.481 e. The van der Waals surface area contributed by atoms with Crippen LogP contribution in [0.1, 0.15) is 26.2 Å². The van der Waals surface area contributed by atoms with Crippen LogP contribution >= 0.6 is 15.9 Å². The van der Waals surface area contributed by atoms with Gasteiger partial charge in [-0.2, -0.15) is 0 Å². The number of aliphatic carboxylic acids is 1. The van der Waals surface area contributed by atoms with Gasteiger partial charge in [0.25, 0.3) is 0 Å². The minimum atomic E-state index is -4.10. The molecule has 5 nitrogen and oxygen atoms in total. The van der Waals surface area contributed by atoms with Crippen molar-refractivity contribution in [3.63, 3.8) is 0 Å². The number of rotatable bonds is 4. The molecule has 0 radical (unpaired) electrons. The van der Waals surface area contributed by atoms with Gasteiger partial charge in [0.05, 0.1) is 5.41 Å². The van der Waals surface area contributed by atoms with Gasteiger partial charge in [-0.3, -0.25) is 4.79 Å². The molecule has 1 aromatic carbocycles. The van der Waals surface area contributed by atoms with Gasteiger partial charge in [0.2, 0.25) is 10.0 Å². The van der Waals surface area contributed by atoms with Crippen LogP contribution in [0, 0.1) is 11.2 Å². The fourth-order valence-electron chi connectivity index (χ4n) is 2.56. The third kappa shape index (κ3) is 3.12. The Hall–Kier alpha value is -0.990. The first-order valence-corrected chi connectivity index (χ1v) is 8.65. The molecule has 2 unspecified atom stereocenters. The van der Waals surface area contributed by atoms with E-state index in [0.717, 1.165) is 12.1 Å². The highest BCUT2D eigenvalue weighted by molar-refractivity contribution is 9.10. The van der Waals surface area contributed by atoms with E-state index in [4.69, 9.17) is 0 Å². The quantitative estimate of drug-likeness (QED) is 0.841. The number of halogens is 2. The van der Waals surface area contributed by atoms with Crippen LogP contribution in [0.5, 0.6) is 0 Å². The first-order valence-electron chi connectivity index (χ1n) is 6.37. The lowest BCUT2D eigenvalue weighted by molar-refractivity contribution is -0.148. The topological polar surface area (TPSA) is 83.5 Å². The van der Waals surface area contributed by atoms with E-state index in [1.807, 2.05) is 0 Å². The summed E-state index contributed by atoms with van der Waals surface area (Å²) in [5.41, 5.74) is -1.17. The molecule has 2 rings (SSSR count). The summed E-state index contributed by atoms with van der Waals surface area (Å²) in [5.74, 6) is -1.93. The Morgan fingerprint density at radius 2 is 2.19 bits per heavy atom. The second kappa shape index (κ2) is 5.66. The Bertz CT molecular complexity index is 679. The third-order valence-electron chi connectivity index (χ3n) is 3.93. The second-order valence-electron chi connectivity index (χ2n) is 5.36. The molecule has 0 aliphatic heterocycles. The molecule has 0 bridgehead atoms. The molecule has 1 aromatic rings. The highest BCUT2D eigenvalue weighted by atomic mass is 79.9. The van der Waals surface area contributed by atoms with E-state index in [2.05, 4.69) is 20.7 Å². The number of benzene rings is 1. The summed E-state index contributed by atoms with van der Waals surface area (Å²) in [6, 6.07) is 2.87. The number of hydrogen-bond donors (Lipinski definition) is 2. The molecule has 0 saturated heterocycles. The monoisotopic (exact) mass is 379 g/mol. The van der Waals surface area contributed by atoms with Crippen LogP contribution in [0.15, 0.2) is 27.6 Å². The van der Waals surface area contributed by atoms with Crippen LogP contribution in [0.3, 0.4) is 0 Å². The molecule has 0 amide bonds.